The molecule has 0 bridgehead atoms. The lowest BCUT2D eigenvalue weighted by atomic mass is 10.1. The van der Waals surface area contributed by atoms with Gasteiger partial charge in [0.05, 0.1) is 6.61 Å². The topological polar surface area (TPSA) is 20.2 Å². The van der Waals surface area contributed by atoms with Gasteiger partial charge < -0.3 is 5.11 Å². The van der Waals surface area contributed by atoms with Gasteiger partial charge in [0.15, 0.2) is 0 Å². The van der Waals surface area contributed by atoms with Crippen molar-refractivity contribution in [2.75, 3.05) is 6.61 Å². The molecule has 3 heteroatoms. The molecule has 0 aromatic heterocycles. The quantitative estimate of drug-likeness (QED) is 0.683. The first-order valence-corrected chi connectivity index (χ1v) is 4.20. The first kappa shape index (κ1) is 11.0. The van der Waals surface area contributed by atoms with Crippen molar-refractivity contribution in [2.24, 2.45) is 0 Å². The van der Waals surface area contributed by atoms with E-state index in [1.165, 1.54) is 0 Å². The molecule has 0 aliphatic heterocycles. The van der Waals surface area contributed by atoms with E-state index >= 15 is 0 Å². The van der Waals surface area contributed by atoms with Crippen molar-refractivity contribution >= 4 is 23.2 Å². The van der Waals surface area contributed by atoms with Crippen molar-refractivity contribution in [1.82, 2.24) is 0 Å². The third-order valence-corrected chi connectivity index (χ3v) is 1.59. The summed E-state index contributed by atoms with van der Waals surface area (Å²) in [5.74, 6) is 0. The van der Waals surface area contributed by atoms with Crippen LogP contribution in [-0.4, -0.2) is 11.7 Å². The fourth-order valence-electron chi connectivity index (χ4n) is 0.667. The van der Waals surface area contributed by atoms with Crippen LogP contribution in [-0.2, 0) is 0 Å². The maximum Gasteiger partial charge on any atom is 0.102 e. The molecular weight excluding hydrogens is 183 g/mol. The molecule has 0 rings (SSSR count). The maximum absolute atomic E-state index is 8.50. The van der Waals surface area contributed by atoms with Crippen molar-refractivity contribution < 1.29 is 5.11 Å². The van der Waals surface area contributed by atoms with Gasteiger partial charge in [0, 0.05) is 0 Å². The molecule has 0 aromatic carbocycles. The van der Waals surface area contributed by atoms with Crippen LogP contribution in [0.5, 0.6) is 0 Å². The van der Waals surface area contributed by atoms with Gasteiger partial charge in [-0.1, -0.05) is 40.9 Å². The Morgan fingerprint density at radius 3 is 2.45 bits per heavy atom. The zero-order valence-electron chi connectivity index (χ0n) is 6.48. The molecule has 0 saturated heterocycles. The second-order valence-corrected chi connectivity index (χ2v) is 3.27. The number of hydrogen-bond donors (Lipinski definition) is 1. The molecule has 0 unspecified atom stereocenters. The van der Waals surface area contributed by atoms with E-state index in [2.05, 4.69) is 0 Å². The number of allylic oxidation sites excluding steroid dienone is 2. The molecule has 1 nitrogen and oxygen atoms in total. The Morgan fingerprint density at radius 2 is 2.00 bits per heavy atom. The van der Waals surface area contributed by atoms with E-state index in [1.807, 2.05) is 6.92 Å². The molecule has 1 N–H and O–H groups in total. The van der Waals surface area contributed by atoms with Crippen LogP contribution in [0.15, 0.2) is 22.2 Å². The van der Waals surface area contributed by atoms with Gasteiger partial charge in [0.2, 0.25) is 0 Å². The molecule has 0 aliphatic rings. The number of aliphatic hydroxyl groups is 1. The summed E-state index contributed by atoms with van der Waals surface area (Å²) < 4.78 is 0.307. The van der Waals surface area contributed by atoms with E-state index in [0.717, 1.165) is 18.4 Å². The first-order chi connectivity index (χ1) is 5.16. The minimum atomic E-state index is 0.101. The molecule has 11 heavy (non-hydrogen) atoms. The number of hydrogen-bond acceptors (Lipinski definition) is 1. The summed E-state index contributed by atoms with van der Waals surface area (Å²) >= 11 is 10.8. The van der Waals surface area contributed by atoms with Gasteiger partial charge in [0.1, 0.15) is 4.49 Å². The molecule has 0 fully saturated rings. The predicted octanol–water partition coefficient (Wildman–Crippen LogP) is 3.02. The standard InChI is InChI=1S/C8H12Cl2O/c1-7(5-6-11)3-2-4-8(9)10/h4-5,11H,2-3,6H2,1H3. The van der Waals surface area contributed by atoms with Gasteiger partial charge in [-0.3, -0.25) is 0 Å². The highest BCUT2D eigenvalue weighted by atomic mass is 35.5. The fourth-order valence-corrected chi connectivity index (χ4v) is 0.885. The lowest BCUT2D eigenvalue weighted by Gasteiger charge is -1.95. The second-order valence-electron chi connectivity index (χ2n) is 2.27. The number of aliphatic hydroxyl groups excluding tert-OH is 1. The minimum Gasteiger partial charge on any atom is -0.392 e. The average molecular weight is 195 g/mol. The highest BCUT2D eigenvalue weighted by Gasteiger charge is 1.88. The molecular formula is C8H12Cl2O. The molecule has 0 aromatic rings. The summed E-state index contributed by atoms with van der Waals surface area (Å²) in [4.78, 5) is 0. The lowest BCUT2D eigenvalue weighted by Crippen LogP contribution is -1.79. The van der Waals surface area contributed by atoms with E-state index in [-0.39, 0.29) is 6.61 Å². The van der Waals surface area contributed by atoms with Crippen LogP contribution in [0.25, 0.3) is 0 Å². The molecule has 0 heterocycles. The Hall–Kier alpha value is 0.0200. The van der Waals surface area contributed by atoms with Crippen LogP contribution >= 0.6 is 23.2 Å². The normalized spacial score (nSPS) is 11.5. The summed E-state index contributed by atoms with van der Waals surface area (Å²) in [6.07, 6.45) is 5.24. The molecule has 0 spiro atoms. The van der Waals surface area contributed by atoms with Crippen molar-refractivity contribution in [1.29, 1.82) is 0 Å². The van der Waals surface area contributed by atoms with Gasteiger partial charge in [-0.15, -0.1) is 0 Å². The van der Waals surface area contributed by atoms with Gasteiger partial charge >= 0.3 is 0 Å². The van der Waals surface area contributed by atoms with E-state index in [0.29, 0.717) is 4.49 Å². The Balaban J connectivity index is 3.54. The van der Waals surface area contributed by atoms with Crippen LogP contribution in [0.1, 0.15) is 19.8 Å². The number of rotatable bonds is 4. The van der Waals surface area contributed by atoms with Gasteiger partial charge in [-0.2, -0.15) is 0 Å². The summed E-state index contributed by atoms with van der Waals surface area (Å²) in [5.41, 5.74) is 1.15. The zero-order valence-corrected chi connectivity index (χ0v) is 7.99. The Bertz CT molecular complexity index is 157. The van der Waals surface area contributed by atoms with Crippen molar-refractivity contribution in [3.63, 3.8) is 0 Å². The van der Waals surface area contributed by atoms with Gasteiger partial charge in [0.25, 0.3) is 0 Å². The van der Waals surface area contributed by atoms with Crippen LogP contribution < -0.4 is 0 Å². The fraction of sp³-hybridized carbons (Fsp3) is 0.500. The van der Waals surface area contributed by atoms with Crippen LogP contribution in [0, 0.1) is 0 Å². The highest BCUT2D eigenvalue weighted by molar-refractivity contribution is 6.55. The summed E-state index contributed by atoms with van der Waals surface area (Å²) in [6.45, 7) is 2.07. The zero-order chi connectivity index (χ0) is 8.69. The maximum atomic E-state index is 8.50. The number of halogens is 2. The SMILES string of the molecule is CC(=CCO)CCC=C(Cl)Cl. The minimum absolute atomic E-state index is 0.101. The van der Waals surface area contributed by atoms with E-state index in [1.54, 1.807) is 12.2 Å². The summed E-state index contributed by atoms with van der Waals surface area (Å²) in [7, 11) is 0. The van der Waals surface area contributed by atoms with Gasteiger partial charge in [-0.25, -0.2) is 0 Å². The van der Waals surface area contributed by atoms with E-state index in [4.69, 9.17) is 28.3 Å². The van der Waals surface area contributed by atoms with Gasteiger partial charge in [-0.05, 0) is 19.8 Å². The molecule has 0 radical (unpaired) electrons. The van der Waals surface area contributed by atoms with Crippen LogP contribution in [0.3, 0.4) is 0 Å². The largest absolute Gasteiger partial charge is 0.392 e. The van der Waals surface area contributed by atoms with Crippen molar-refractivity contribution in [3.8, 4) is 0 Å². The highest BCUT2D eigenvalue weighted by Crippen LogP contribution is 2.11. The average Bonchev–Trinajstić information content (AvgIpc) is 1.87. The van der Waals surface area contributed by atoms with Crippen LogP contribution in [0.2, 0.25) is 0 Å². The van der Waals surface area contributed by atoms with E-state index in [9.17, 15) is 0 Å². The lowest BCUT2D eigenvalue weighted by molar-refractivity contribution is 0.341. The second kappa shape index (κ2) is 6.71. The molecule has 64 valence electrons. The monoisotopic (exact) mass is 194 g/mol. The molecule has 0 amide bonds. The Morgan fingerprint density at radius 1 is 1.36 bits per heavy atom. The molecule has 0 atom stereocenters. The predicted molar refractivity (Wildman–Crippen MR) is 49.9 cm³/mol. The smallest absolute Gasteiger partial charge is 0.102 e. The first-order valence-electron chi connectivity index (χ1n) is 3.44. The Kier molecular flexibility index (Phi) is 6.73. The third kappa shape index (κ3) is 7.92. The third-order valence-electron chi connectivity index (χ3n) is 1.28. The van der Waals surface area contributed by atoms with E-state index < -0.39 is 0 Å². The molecule has 0 aliphatic carbocycles. The van der Waals surface area contributed by atoms with Crippen molar-refractivity contribution in [3.05, 3.63) is 22.2 Å². The van der Waals surface area contributed by atoms with Crippen LogP contribution in [0.4, 0.5) is 0 Å². The summed E-state index contributed by atoms with van der Waals surface area (Å²) in [5, 5.41) is 8.50. The van der Waals surface area contributed by atoms with Crippen molar-refractivity contribution in [2.45, 2.75) is 19.8 Å². The summed E-state index contributed by atoms with van der Waals surface area (Å²) in [6, 6.07) is 0. The molecule has 0 saturated carbocycles. The Labute approximate surface area is 77.3 Å².